The number of hydrogen-bond donors (Lipinski definition) is 2. The first-order valence-electron chi connectivity index (χ1n) is 43.2. The minimum absolute atomic E-state index is 0.0290. The summed E-state index contributed by atoms with van der Waals surface area (Å²) in [6.45, 7) is 9.45. The zero-order valence-corrected chi connectivity index (χ0v) is 73.6. The minimum atomic E-state index is -1.18. The number of carboxylic acids is 1. The van der Waals surface area contributed by atoms with Crippen LogP contribution in [0.5, 0.6) is 0 Å². The maximum absolute atomic E-state index is 16.3. The van der Waals surface area contributed by atoms with Gasteiger partial charge < -0.3 is 20.1 Å². The van der Waals surface area contributed by atoms with Gasteiger partial charge in [-0.25, -0.2) is 17.6 Å². The van der Waals surface area contributed by atoms with Gasteiger partial charge >= 0.3 is 5.97 Å². The molecule has 13 aromatic rings. The lowest BCUT2D eigenvalue weighted by atomic mass is 9.56. The highest BCUT2D eigenvalue weighted by Crippen LogP contribution is 2.75. The third-order valence-electron chi connectivity index (χ3n) is 23.7. The van der Waals surface area contributed by atoms with Crippen molar-refractivity contribution in [3.8, 4) is 343 Å². The van der Waals surface area contributed by atoms with Crippen LogP contribution in [-0.4, -0.2) is 36.5 Å². The smallest absolute Gasteiger partial charge is 0.322 e. The second-order valence-electron chi connectivity index (χ2n) is 31.0. The number of aldehydes is 1. The van der Waals surface area contributed by atoms with Gasteiger partial charge in [-0.05, 0) is 335 Å². The molecule has 19 rings (SSSR count). The van der Waals surface area contributed by atoms with Gasteiger partial charge in [-0.2, -0.15) is 0 Å². The van der Waals surface area contributed by atoms with Gasteiger partial charge in [0.2, 0.25) is 0 Å². The SMILES string of the molecule is CC#CC#CC#CC#CC#CC#CC#CC#CC#CC#CC#CC#CC#CC#CC#CC#CC#CC#CC#CC#CC#CC#CC#CC#CC#CC#CC#CC#CC#CC.CCCCCCC1N(c2c(F)cccc2F)CC2c3cc4c5c6c(cc7c8c6c6c9c%10c(c3c59)C3c5c(cc9cc%11cc(c%12c%11c%11c9c5c%10c%11c6c%128)C7)=CC231)C4.O=C(O)CNc1c(F)cccc1F.[CH2+]CCCCCC=O. The summed E-state index contributed by atoms with van der Waals surface area (Å²) in [5.41, 5.74) is 10.1. The van der Waals surface area contributed by atoms with E-state index in [-0.39, 0.29) is 29.0 Å². The molecule has 1 aliphatic heterocycles. The molecule has 2 N–H and O–H groups in total. The maximum Gasteiger partial charge on any atom is 0.322 e. The number of fused-ring (bicyclic) bond motifs is 1. The molecule has 13 aromatic carbocycles. The van der Waals surface area contributed by atoms with Crippen LogP contribution in [0.15, 0.2) is 66.7 Å². The number of carbonyl (C=O) groups is 2. The molecule has 9 heteroatoms. The normalized spacial score (nSPS) is 12.9. The molecule has 1 fully saturated rings. The largest absolute Gasteiger partial charge is 0.480 e. The van der Waals surface area contributed by atoms with Crippen molar-refractivity contribution in [1.82, 2.24) is 0 Å². The van der Waals surface area contributed by atoms with E-state index < -0.39 is 41.5 Å². The van der Waals surface area contributed by atoms with E-state index in [1.165, 1.54) is 140 Å². The third kappa shape index (κ3) is 18.0. The molecule has 0 bridgehead atoms. The van der Waals surface area contributed by atoms with Crippen molar-refractivity contribution in [3.63, 3.8) is 0 Å². The number of aliphatic carboxylic acids is 1. The van der Waals surface area contributed by atoms with E-state index in [1.54, 1.807) is 62.5 Å². The van der Waals surface area contributed by atoms with Crippen LogP contribution in [0.3, 0.4) is 0 Å². The summed E-state index contributed by atoms with van der Waals surface area (Å²) in [4.78, 5) is 22.1. The Hall–Kier alpha value is -20.4. The van der Waals surface area contributed by atoms with Crippen LogP contribution in [0.4, 0.5) is 28.9 Å². The molecule has 0 radical (unpaired) electrons. The number of benzene rings is 9. The van der Waals surface area contributed by atoms with E-state index in [0.717, 1.165) is 82.6 Å². The summed E-state index contributed by atoms with van der Waals surface area (Å²) in [5.74, 6) is 142. The molecule has 0 saturated carbocycles. The monoisotopic (exact) mass is 1750 g/mol. The van der Waals surface area contributed by atoms with Crippen LogP contribution in [0.2, 0.25) is 0 Å². The van der Waals surface area contributed by atoms with E-state index >= 15 is 8.78 Å². The van der Waals surface area contributed by atoms with E-state index in [9.17, 15) is 18.4 Å². The Morgan fingerprint density at radius 2 is 0.730 bits per heavy atom. The lowest BCUT2D eigenvalue weighted by Crippen LogP contribution is -2.44. The zero-order valence-electron chi connectivity index (χ0n) is 73.6. The van der Waals surface area contributed by atoms with Gasteiger partial charge in [-0.1, -0.05) is 80.9 Å². The molecule has 0 amide bonds. The van der Waals surface area contributed by atoms with Gasteiger partial charge in [0.15, 0.2) is 0 Å². The van der Waals surface area contributed by atoms with Gasteiger partial charge in [0, 0.05) is 273 Å². The summed E-state index contributed by atoms with van der Waals surface area (Å²) >= 11 is 0. The fourth-order valence-electron chi connectivity index (χ4n) is 19.5. The predicted octanol–water partition coefficient (Wildman–Crippen LogP) is 17.4. The van der Waals surface area contributed by atoms with Crippen LogP contribution < -0.4 is 15.4 Å². The lowest BCUT2D eigenvalue weighted by molar-refractivity contribution is -0.135. The Morgan fingerprint density at radius 3 is 1.14 bits per heavy atom. The molecule has 4 atom stereocenters. The quantitative estimate of drug-likeness (QED) is 0.0284. The summed E-state index contributed by atoms with van der Waals surface area (Å²) < 4.78 is 58.2. The summed E-state index contributed by atoms with van der Waals surface area (Å²) in [6.07, 6.45) is 16.2. The molecule has 1 saturated heterocycles. The second kappa shape index (κ2) is 42.7. The van der Waals surface area contributed by atoms with Crippen molar-refractivity contribution < 1.29 is 32.3 Å². The topological polar surface area (TPSA) is 69.6 Å². The molecular weight excluding hydrogens is 1690 g/mol. The first-order chi connectivity index (χ1) is 67.5. The average Bonchev–Trinajstić information content (AvgIpc) is 1.43. The predicted molar refractivity (Wildman–Crippen MR) is 541 cm³/mol. The molecule has 624 valence electrons. The van der Waals surface area contributed by atoms with Crippen LogP contribution in [0, 0.1) is 379 Å². The number of anilines is 2. The Balaban J connectivity index is 0.000000163. The molecule has 6 aliphatic rings. The first kappa shape index (κ1) is 90.0. The van der Waals surface area contributed by atoms with E-state index in [0.29, 0.717) is 6.54 Å². The maximum atomic E-state index is 16.3. The highest BCUT2D eigenvalue weighted by molar-refractivity contribution is 6.62. The highest BCUT2D eigenvalue weighted by Gasteiger charge is 2.65. The van der Waals surface area contributed by atoms with Crippen molar-refractivity contribution >= 4 is 137 Å². The number of carboxylic acid groups (broad SMARTS) is 1. The number of para-hydroxylation sites is 2. The fraction of sp³-hybridized carbons (Fsp3) is 0.164. The summed E-state index contributed by atoms with van der Waals surface area (Å²) in [5, 5.41) is 42.2. The van der Waals surface area contributed by atoms with Crippen molar-refractivity contribution in [2.24, 2.45) is 5.41 Å². The summed E-state index contributed by atoms with van der Waals surface area (Å²) in [6, 6.07) is 20.6. The Labute approximate surface area is 793 Å². The van der Waals surface area contributed by atoms with Gasteiger partial charge in [-0.3, -0.25) is 4.79 Å². The molecule has 5 aliphatic carbocycles. The minimum Gasteiger partial charge on any atom is -0.480 e. The highest BCUT2D eigenvalue weighted by atomic mass is 19.1. The van der Waals surface area contributed by atoms with Crippen molar-refractivity contribution in [2.75, 3.05) is 23.3 Å². The number of rotatable bonds is 14. The van der Waals surface area contributed by atoms with Gasteiger partial charge in [-0.15, -0.1) is 0 Å². The fourth-order valence-corrected chi connectivity index (χ4v) is 19.5. The molecule has 1 spiro atoms. The van der Waals surface area contributed by atoms with Crippen molar-refractivity contribution in [1.29, 1.82) is 0 Å². The van der Waals surface area contributed by atoms with Crippen LogP contribution in [-0.2, 0) is 22.4 Å². The zero-order chi connectivity index (χ0) is 94.8. The van der Waals surface area contributed by atoms with Gasteiger partial charge in [0.05, 0.1) is 13.3 Å². The van der Waals surface area contributed by atoms with Crippen LogP contribution in [0.1, 0.15) is 136 Å². The molecular formula is C128H57F4N2O3+. The van der Waals surface area contributed by atoms with Gasteiger partial charge in [0.1, 0.15) is 47.5 Å². The molecule has 0 aromatic heterocycles. The van der Waals surface area contributed by atoms with Gasteiger partial charge in [0.25, 0.3) is 0 Å². The first-order valence-corrected chi connectivity index (χ1v) is 43.2. The van der Waals surface area contributed by atoms with E-state index in [1.807, 2.05) is 0 Å². The number of unbranched alkanes of at least 4 members (excludes halogenated alkanes) is 7. The molecule has 137 heavy (non-hydrogen) atoms. The second-order valence-corrected chi connectivity index (χ2v) is 31.0. The summed E-state index contributed by atoms with van der Waals surface area (Å²) in [7, 11) is 0. The molecule has 4 unspecified atom stereocenters. The number of hydrogen-bond acceptors (Lipinski definition) is 4. The van der Waals surface area contributed by atoms with Crippen molar-refractivity contribution in [2.45, 2.75) is 116 Å². The lowest BCUT2D eigenvalue weighted by Gasteiger charge is -2.47. The average molecular weight is 1750 g/mol. The number of nitrogens with one attached hydrogen (secondary N) is 1. The number of carbonyl (C=O) groups excluding carboxylic acids is 1. The standard InChI is InChI=1S/C60H6.C53H31F2N.C8H7F2NO2.C7H13O/c1-3-5-7-9-11-13-15-17-19-21-23-25-27-29-31-33-35-37-39-41-43-45-47-49-51-53-55-57-59-60-58-56-54-52-50-48-46-44-42-40-38-36-34-32-30-28-26-24-22-20-18-16-14-12-10-8-6-4-2;1-2-3-4-5-9-30-53-17-25-15-23-13-20-10-19-11-22-12-21-14-24-16-26(27(53)18-56(30)52-28(54)7-6-8-29(52)55)38-43-34(24)33(21)40-35(22)39-31(19)32(20)41-36(23)42-37(25)51(53)50(38)49-47(42)45(41)44(39)46(40)48(43)49;9-5-2-1-3-6(10)8(5)11-4-7(12)13;1-2-3-4-5-6-7-8/h1-2H3;6-8,10,12-13,15-17,27,30,51H,2-5,9,11,14,18H2,1H3;1-3,11H,4H2,(H,12,13);7H,1-6H2/q;;;+1. The Kier molecular flexibility index (Phi) is 28.0. The Bertz CT molecular complexity index is 9400. The van der Waals surface area contributed by atoms with E-state index in [4.69, 9.17) is 5.11 Å². The Morgan fingerprint density at radius 1 is 0.394 bits per heavy atom. The van der Waals surface area contributed by atoms with Crippen molar-refractivity contribution in [3.05, 3.63) is 141 Å². The molecule has 5 nitrogen and oxygen atoms in total. The van der Waals surface area contributed by atoms with E-state index in [2.05, 4.69) is 404 Å². The number of nitrogens with zero attached hydrogens (tertiary/aromatic N) is 1. The van der Waals surface area contributed by atoms with Crippen LogP contribution in [0.25, 0.3) is 114 Å². The third-order valence-corrected chi connectivity index (χ3v) is 23.7. The number of halogens is 4. The molecule has 1 heterocycles. The van der Waals surface area contributed by atoms with Crippen LogP contribution >= 0.6 is 0 Å².